The van der Waals surface area contributed by atoms with Crippen LogP contribution in [0.2, 0.25) is 0 Å². The molecule has 1 aliphatic rings. The molecule has 0 atom stereocenters. The molecule has 2 rings (SSSR count). The largest absolute Gasteiger partial charge is 0.507 e. The van der Waals surface area contributed by atoms with Crippen LogP contribution in [-0.2, 0) is 6.42 Å². The van der Waals surface area contributed by atoms with Gasteiger partial charge in [-0.15, -0.1) is 11.8 Å². The van der Waals surface area contributed by atoms with E-state index in [9.17, 15) is 5.11 Å². The molecule has 58 valence electrons. The third-order valence-electron chi connectivity index (χ3n) is 1.76. The fourth-order valence-corrected chi connectivity index (χ4v) is 2.66. The molecule has 1 aromatic rings. The average molecular weight is 231 g/mol. The maximum atomic E-state index is 9.32. The molecule has 0 saturated carbocycles. The van der Waals surface area contributed by atoms with E-state index in [0.29, 0.717) is 5.75 Å². The topological polar surface area (TPSA) is 20.2 Å². The fraction of sp³-hybridized carbons (Fsp3) is 0.250. The lowest BCUT2D eigenvalue weighted by Crippen LogP contribution is -1.80. The van der Waals surface area contributed by atoms with Crippen LogP contribution in [-0.4, -0.2) is 10.9 Å². The standard InChI is InChI=1S/C8H7BrOS/c9-6-3-5-1-2-11-8(5)4-7(6)10/h3-4,10H,1-2H2. The van der Waals surface area contributed by atoms with Crippen LogP contribution in [0.15, 0.2) is 21.5 Å². The summed E-state index contributed by atoms with van der Waals surface area (Å²) in [6.07, 6.45) is 1.12. The number of rotatable bonds is 0. The Bertz CT molecular complexity index is 269. The maximum absolute atomic E-state index is 9.32. The number of fused-ring (bicyclic) bond motifs is 1. The Kier molecular flexibility index (Phi) is 1.85. The Hall–Kier alpha value is -0.150. The molecule has 1 N–H and O–H groups in total. The molecule has 1 aliphatic heterocycles. The zero-order chi connectivity index (χ0) is 7.84. The number of thioether (sulfide) groups is 1. The molecule has 0 radical (unpaired) electrons. The minimum Gasteiger partial charge on any atom is -0.507 e. The van der Waals surface area contributed by atoms with E-state index >= 15 is 0 Å². The Labute approximate surface area is 77.9 Å². The molecule has 0 bridgehead atoms. The summed E-state index contributed by atoms with van der Waals surface area (Å²) < 4.78 is 0.804. The first-order valence-electron chi connectivity index (χ1n) is 3.41. The number of hydrogen-bond acceptors (Lipinski definition) is 2. The van der Waals surface area contributed by atoms with Gasteiger partial charge in [0.1, 0.15) is 5.75 Å². The zero-order valence-electron chi connectivity index (χ0n) is 5.80. The van der Waals surface area contributed by atoms with Crippen molar-refractivity contribution in [3.8, 4) is 5.75 Å². The number of phenols is 1. The smallest absolute Gasteiger partial charge is 0.130 e. The second-order valence-corrected chi connectivity index (χ2v) is 4.50. The van der Waals surface area contributed by atoms with Gasteiger partial charge in [0.2, 0.25) is 0 Å². The van der Waals surface area contributed by atoms with Gasteiger partial charge in [-0.3, -0.25) is 0 Å². The third-order valence-corrected chi connectivity index (χ3v) is 3.49. The summed E-state index contributed by atoms with van der Waals surface area (Å²) >= 11 is 5.10. The highest BCUT2D eigenvalue weighted by molar-refractivity contribution is 9.10. The molecular formula is C8H7BrOS. The van der Waals surface area contributed by atoms with Crippen molar-refractivity contribution < 1.29 is 5.11 Å². The van der Waals surface area contributed by atoms with Crippen LogP contribution in [0.3, 0.4) is 0 Å². The number of aryl methyl sites for hydroxylation is 1. The predicted molar refractivity (Wildman–Crippen MR) is 50.2 cm³/mol. The Morgan fingerprint density at radius 3 is 3.09 bits per heavy atom. The molecule has 3 heteroatoms. The molecule has 1 nitrogen and oxygen atoms in total. The van der Waals surface area contributed by atoms with Gasteiger partial charge < -0.3 is 5.11 Å². The monoisotopic (exact) mass is 230 g/mol. The van der Waals surface area contributed by atoms with E-state index in [2.05, 4.69) is 15.9 Å². The van der Waals surface area contributed by atoms with Gasteiger partial charge in [-0.1, -0.05) is 0 Å². The molecule has 1 aromatic carbocycles. The van der Waals surface area contributed by atoms with Crippen LogP contribution in [0.5, 0.6) is 5.75 Å². The Morgan fingerprint density at radius 1 is 1.45 bits per heavy atom. The van der Waals surface area contributed by atoms with Crippen molar-refractivity contribution in [3.05, 3.63) is 22.2 Å². The van der Waals surface area contributed by atoms with E-state index in [1.165, 1.54) is 10.5 Å². The van der Waals surface area contributed by atoms with E-state index in [-0.39, 0.29) is 0 Å². The number of hydrogen-bond donors (Lipinski definition) is 1. The number of benzene rings is 1. The molecule has 1 heterocycles. The van der Waals surface area contributed by atoms with Gasteiger partial charge in [0.25, 0.3) is 0 Å². The summed E-state index contributed by atoms with van der Waals surface area (Å²) in [5, 5.41) is 9.32. The highest BCUT2D eigenvalue weighted by Gasteiger charge is 2.13. The lowest BCUT2D eigenvalue weighted by atomic mass is 10.2. The SMILES string of the molecule is Oc1cc2c(cc1Br)CCS2. The van der Waals surface area contributed by atoms with Crippen LogP contribution >= 0.6 is 27.7 Å². The quantitative estimate of drug-likeness (QED) is 0.740. The molecule has 0 fully saturated rings. The number of aromatic hydroxyl groups is 1. The summed E-state index contributed by atoms with van der Waals surface area (Å²) in [5.41, 5.74) is 1.35. The van der Waals surface area contributed by atoms with Gasteiger partial charge in [-0.25, -0.2) is 0 Å². The van der Waals surface area contributed by atoms with Crippen LogP contribution in [0.1, 0.15) is 5.56 Å². The third kappa shape index (κ3) is 1.27. The fourth-order valence-electron chi connectivity index (χ4n) is 1.18. The average Bonchev–Trinajstić information content (AvgIpc) is 2.36. The lowest BCUT2D eigenvalue weighted by molar-refractivity contribution is 0.470. The van der Waals surface area contributed by atoms with Gasteiger partial charge in [0, 0.05) is 10.6 Å². The minimum atomic E-state index is 0.346. The molecule has 0 amide bonds. The molecule has 0 aromatic heterocycles. The van der Waals surface area contributed by atoms with E-state index in [4.69, 9.17) is 0 Å². The van der Waals surface area contributed by atoms with Crippen molar-refractivity contribution in [1.82, 2.24) is 0 Å². The molecule has 0 spiro atoms. The van der Waals surface area contributed by atoms with Gasteiger partial charge in [0.15, 0.2) is 0 Å². The normalized spacial score (nSPS) is 15.0. The summed E-state index contributed by atoms with van der Waals surface area (Å²) in [4.78, 5) is 1.23. The van der Waals surface area contributed by atoms with Crippen LogP contribution in [0.25, 0.3) is 0 Å². The van der Waals surface area contributed by atoms with Crippen LogP contribution in [0.4, 0.5) is 0 Å². The van der Waals surface area contributed by atoms with Crippen molar-refractivity contribution in [2.45, 2.75) is 11.3 Å². The highest BCUT2D eigenvalue weighted by atomic mass is 79.9. The molecular weight excluding hydrogens is 224 g/mol. The van der Waals surface area contributed by atoms with Crippen molar-refractivity contribution in [1.29, 1.82) is 0 Å². The maximum Gasteiger partial charge on any atom is 0.130 e. The zero-order valence-corrected chi connectivity index (χ0v) is 8.20. The van der Waals surface area contributed by atoms with Crippen LogP contribution < -0.4 is 0 Å². The van der Waals surface area contributed by atoms with Crippen molar-refractivity contribution in [2.75, 3.05) is 5.75 Å². The summed E-state index contributed by atoms with van der Waals surface area (Å²) in [5.74, 6) is 1.49. The first kappa shape index (κ1) is 7.50. The number of halogens is 1. The lowest BCUT2D eigenvalue weighted by Gasteiger charge is -2.00. The van der Waals surface area contributed by atoms with E-state index in [1.807, 2.05) is 23.9 Å². The summed E-state index contributed by atoms with van der Waals surface area (Å²) in [7, 11) is 0. The highest BCUT2D eigenvalue weighted by Crippen LogP contribution is 2.37. The second-order valence-electron chi connectivity index (χ2n) is 2.51. The first-order valence-corrected chi connectivity index (χ1v) is 5.19. The van der Waals surface area contributed by atoms with Gasteiger partial charge in [-0.05, 0) is 40.0 Å². The Balaban J connectivity index is 2.57. The Morgan fingerprint density at radius 2 is 2.27 bits per heavy atom. The van der Waals surface area contributed by atoms with Gasteiger partial charge in [-0.2, -0.15) is 0 Å². The molecule has 11 heavy (non-hydrogen) atoms. The van der Waals surface area contributed by atoms with Gasteiger partial charge in [0.05, 0.1) is 4.47 Å². The number of phenolic OH excluding ortho intramolecular Hbond substituents is 1. The van der Waals surface area contributed by atoms with Crippen molar-refractivity contribution in [3.63, 3.8) is 0 Å². The summed E-state index contributed by atoms with van der Waals surface area (Å²) in [6.45, 7) is 0. The van der Waals surface area contributed by atoms with E-state index < -0.39 is 0 Å². The van der Waals surface area contributed by atoms with Gasteiger partial charge >= 0.3 is 0 Å². The second kappa shape index (κ2) is 2.72. The molecule has 0 saturated heterocycles. The predicted octanol–water partition coefficient (Wildman–Crippen LogP) is 2.80. The minimum absolute atomic E-state index is 0.346. The van der Waals surface area contributed by atoms with E-state index in [1.54, 1.807) is 0 Å². The molecule has 0 aliphatic carbocycles. The summed E-state index contributed by atoms with van der Waals surface area (Å²) in [6, 6.07) is 3.84. The van der Waals surface area contributed by atoms with Crippen LogP contribution in [0, 0.1) is 0 Å². The van der Waals surface area contributed by atoms with Crippen molar-refractivity contribution >= 4 is 27.7 Å². The molecule has 0 unspecified atom stereocenters. The first-order chi connectivity index (χ1) is 5.27. The van der Waals surface area contributed by atoms with E-state index in [0.717, 1.165) is 16.6 Å². The van der Waals surface area contributed by atoms with Crippen molar-refractivity contribution in [2.24, 2.45) is 0 Å².